The van der Waals surface area contributed by atoms with Crippen LogP contribution in [0.3, 0.4) is 0 Å². The van der Waals surface area contributed by atoms with Gasteiger partial charge in [-0.05, 0) is 12.3 Å². The molecule has 1 heterocycles. The molecule has 1 aliphatic heterocycles. The molecule has 2 unspecified atom stereocenters. The maximum atomic E-state index is 3.68. The molecule has 0 aromatic carbocycles. The third-order valence-corrected chi connectivity index (χ3v) is 1.67. The molecule has 8 heavy (non-hydrogen) atoms. The van der Waals surface area contributed by atoms with Crippen molar-refractivity contribution in [1.29, 1.82) is 0 Å². The molecule has 1 rings (SSSR count). The molecule has 0 spiro atoms. The van der Waals surface area contributed by atoms with Crippen LogP contribution >= 0.6 is 0 Å². The minimum atomic E-state index is 0.799. The van der Waals surface area contributed by atoms with Crippen LogP contribution in [0.1, 0.15) is 13.3 Å². The third kappa shape index (κ3) is 1.34. The molecular formula is C7H13N. The third-order valence-electron chi connectivity index (χ3n) is 1.67. The van der Waals surface area contributed by atoms with E-state index in [9.17, 15) is 0 Å². The van der Waals surface area contributed by atoms with E-state index in [1.807, 2.05) is 6.08 Å². The van der Waals surface area contributed by atoms with E-state index in [4.69, 9.17) is 0 Å². The van der Waals surface area contributed by atoms with Crippen molar-refractivity contribution in [2.45, 2.75) is 19.4 Å². The molecule has 0 bridgehead atoms. The Morgan fingerprint density at radius 3 is 3.00 bits per heavy atom. The van der Waals surface area contributed by atoms with Gasteiger partial charge in [0.15, 0.2) is 0 Å². The van der Waals surface area contributed by atoms with Crippen molar-refractivity contribution >= 4 is 0 Å². The highest BCUT2D eigenvalue weighted by atomic mass is 15.1. The van der Waals surface area contributed by atoms with E-state index in [1.54, 1.807) is 0 Å². The van der Waals surface area contributed by atoms with Gasteiger partial charge >= 0.3 is 0 Å². The molecule has 1 heteroatoms. The second kappa shape index (κ2) is 2.31. The van der Waals surface area contributed by atoms with E-state index in [-0.39, 0.29) is 0 Å². The highest BCUT2D eigenvalue weighted by Gasteiger charge is 2.25. The van der Waals surface area contributed by atoms with Crippen LogP contribution < -0.4 is 5.32 Å². The summed E-state index contributed by atoms with van der Waals surface area (Å²) >= 11 is 0. The molecule has 0 aromatic rings. The summed E-state index contributed by atoms with van der Waals surface area (Å²) in [6, 6.07) is 0.799. The highest BCUT2D eigenvalue weighted by molar-refractivity contribution is 4.90. The van der Waals surface area contributed by atoms with E-state index >= 15 is 0 Å². The summed E-state index contributed by atoms with van der Waals surface area (Å²) in [5, 5.41) is 3.27. The maximum absolute atomic E-state index is 3.68. The van der Waals surface area contributed by atoms with Crippen LogP contribution in [-0.2, 0) is 0 Å². The van der Waals surface area contributed by atoms with E-state index in [1.165, 1.54) is 6.54 Å². The topological polar surface area (TPSA) is 21.9 Å². The van der Waals surface area contributed by atoms with E-state index in [0.717, 1.165) is 18.4 Å². The zero-order valence-corrected chi connectivity index (χ0v) is 5.35. The molecule has 1 fully saturated rings. The van der Waals surface area contributed by atoms with Gasteiger partial charge in [0, 0.05) is 12.6 Å². The van der Waals surface area contributed by atoms with Crippen LogP contribution in [-0.4, -0.2) is 12.6 Å². The smallest absolute Gasteiger partial charge is 0.0221 e. The fourth-order valence-corrected chi connectivity index (χ4v) is 0.898. The largest absolute Gasteiger partial charge is 0.311 e. The Balaban J connectivity index is 2.12. The van der Waals surface area contributed by atoms with Crippen molar-refractivity contribution in [2.75, 3.05) is 6.54 Å². The molecular weight excluding hydrogens is 98.1 g/mol. The normalized spacial score (nSPS) is 29.4. The summed E-state index contributed by atoms with van der Waals surface area (Å²) in [4.78, 5) is 0. The van der Waals surface area contributed by atoms with Crippen LogP contribution in [0.15, 0.2) is 12.7 Å². The highest BCUT2D eigenvalue weighted by Crippen LogP contribution is 2.14. The maximum Gasteiger partial charge on any atom is 0.0221 e. The SMILES string of the molecule is C=CCC(C)C1CN1. The number of hydrogen-bond acceptors (Lipinski definition) is 1. The van der Waals surface area contributed by atoms with Gasteiger partial charge in [0.2, 0.25) is 0 Å². The van der Waals surface area contributed by atoms with Gasteiger partial charge in [-0.15, -0.1) is 6.58 Å². The zero-order chi connectivity index (χ0) is 5.98. The second-order valence-corrected chi connectivity index (χ2v) is 2.52. The Bertz CT molecular complexity index is 84.4. The van der Waals surface area contributed by atoms with E-state index < -0.39 is 0 Å². The summed E-state index contributed by atoms with van der Waals surface area (Å²) in [7, 11) is 0. The number of rotatable bonds is 3. The van der Waals surface area contributed by atoms with Gasteiger partial charge in [-0.1, -0.05) is 13.0 Å². The first-order valence-corrected chi connectivity index (χ1v) is 3.19. The van der Waals surface area contributed by atoms with Crippen molar-refractivity contribution in [1.82, 2.24) is 5.32 Å². The standard InChI is InChI=1S/C7H13N/c1-3-4-6(2)7-5-8-7/h3,6-8H,1,4-5H2,2H3. The van der Waals surface area contributed by atoms with Crippen LogP contribution in [0.4, 0.5) is 0 Å². The minimum Gasteiger partial charge on any atom is -0.311 e. The van der Waals surface area contributed by atoms with Gasteiger partial charge in [0.1, 0.15) is 0 Å². The Hall–Kier alpha value is -0.300. The molecule has 0 saturated carbocycles. The van der Waals surface area contributed by atoms with Crippen LogP contribution in [0.2, 0.25) is 0 Å². The van der Waals surface area contributed by atoms with Crippen LogP contribution in [0.25, 0.3) is 0 Å². The Labute approximate surface area is 50.8 Å². The van der Waals surface area contributed by atoms with Gasteiger partial charge in [0.05, 0.1) is 0 Å². The number of nitrogens with one attached hydrogen (secondary N) is 1. The average molecular weight is 111 g/mol. The monoisotopic (exact) mass is 111 g/mol. The van der Waals surface area contributed by atoms with Crippen molar-refractivity contribution in [3.05, 3.63) is 12.7 Å². The Morgan fingerprint density at radius 2 is 2.62 bits per heavy atom. The predicted octanol–water partition coefficient (Wildman–Crippen LogP) is 1.17. The van der Waals surface area contributed by atoms with Gasteiger partial charge in [-0.25, -0.2) is 0 Å². The molecule has 1 nitrogen and oxygen atoms in total. The van der Waals surface area contributed by atoms with Crippen molar-refractivity contribution in [2.24, 2.45) is 5.92 Å². The summed E-state index contributed by atoms with van der Waals surface area (Å²) < 4.78 is 0. The van der Waals surface area contributed by atoms with E-state index in [2.05, 4.69) is 18.8 Å². The van der Waals surface area contributed by atoms with Crippen molar-refractivity contribution in [3.63, 3.8) is 0 Å². The Kier molecular flexibility index (Phi) is 1.69. The number of allylic oxidation sites excluding steroid dienone is 1. The molecule has 1 saturated heterocycles. The van der Waals surface area contributed by atoms with Gasteiger partial charge in [-0.3, -0.25) is 0 Å². The molecule has 0 aliphatic carbocycles. The van der Waals surface area contributed by atoms with Gasteiger partial charge < -0.3 is 5.32 Å². The minimum absolute atomic E-state index is 0.799. The average Bonchev–Trinajstić information content (AvgIpc) is 2.45. The lowest BCUT2D eigenvalue weighted by Crippen LogP contribution is -2.04. The van der Waals surface area contributed by atoms with Gasteiger partial charge in [0.25, 0.3) is 0 Å². The lowest BCUT2D eigenvalue weighted by Gasteiger charge is -2.01. The molecule has 46 valence electrons. The fraction of sp³-hybridized carbons (Fsp3) is 0.714. The van der Waals surface area contributed by atoms with Crippen molar-refractivity contribution < 1.29 is 0 Å². The summed E-state index contributed by atoms with van der Waals surface area (Å²) in [6.45, 7) is 7.16. The fourth-order valence-electron chi connectivity index (χ4n) is 0.898. The van der Waals surface area contributed by atoms with Crippen LogP contribution in [0.5, 0.6) is 0 Å². The lowest BCUT2D eigenvalue weighted by molar-refractivity contribution is 0.579. The Morgan fingerprint density at radius 1 is 2.00 bits per heavy atom. The van der Waals surface area contributed by atoms with Gasteiger partial charge in [-0.2, -0.15) is 0 Å². The second-order valence-electron chi connectivity index (χ2n) is 2.52. The summed E-state index contributed by atoms with van der Waals surface area (Å²) in [5.41, 5.74) is 0. The lowest BCUT2D eigenvalue weighted by atomic mass is 10.1. The van der Waals surface area contributed by atoms with E-state index in [0.29, 0.717) is 0 Å². The predicted molar refractivity (Wildman–Crippen MR) is 35.8 cm³/mol. The van der Waals surface area contributed by atoms with Crippen LogP contribution in [0, 0.1) is 5.92 Å². The molecule has 0 aromatic heterocycles. The first-order valence-electron chi connectivity index (χ1n) is 3.19. The quantitative estimate of drug-likeness (QED) is 0.428. The summed E-state index contributed by atoms with van der Waals surface area (Å²) in [6.07, 6.45) is 3.14. The molecule has 0 radical (unpaired) electrons. The zero-order valence-electron chi connectivity index (χ0n) is 5.35. The molecule has 2 atom stereocenters. The molecule has 1 N–H and O–H groups in total. The molecule has 0 amide bonds. The first-order chi connectivity index (χ1) is 3.84. The first kappa shape index (κ1) is 5.83. The van der Waals surface area contributed by atoms with Crippen molar-refractivity contribution in [3.8, 4) is 0 Å². The summed E-state index contributed by atoms with van der Waals surface area (Å²) in [5.74, 6) is 0.799. The number of hydrogen-bond donors (Lipinski definition) is 1. The molecule has 1 aliphatic rings.